The van der Waals surface area contributed by atoms with Crippen LogP contribution in [0.25, 0.3) is 0 Å². The van der Waals surface area contributed by atoms with Crippen molar-refractivity contribution >= 4 is 15.9 Å². The maximum Gasteiger partial charge on any atom is 0.0823 e. The lowest BCUT2D eigenvalue weighted by atomic mass is 9.81. The maximum atomic E-state index is 5.93. The van der Waals surface area contributed by atoms with E-state index in [0.717, 1.165) is 36.0 Å². The summed E-state index contributed by atoms with van der Waals surface area (Å²) in [5.74, 6) is 5.93. The molecular formula is C14H28BrN5. The molecule has 1 heterocycles. The molecule has 0 aliphatic rings. The lowest BCUT2D eigenvalue weighted by molar-refractivity contribution is 0.0836. The van der Waals surface area contributed by atoms with E-state index in [4.69, 9.17) is 5.84 Å². The van der Waals surface area contributed by atoms with Gasteiger partial charge in [0.25, 0.3) is 0 Å². The Hall–Kier alpha value is -0.430. The zero-order chi connectivity index (χ0) is 15.3. The zero-order valence-electron chi connectivity index (χ0n) is 13.3. The highest BCUT2D eigenvalue weighted by Gasteiger charge is 2.40. The molecule has 20 heavy (non-hydrogen) atoms. The van der Waals surface area contributed by atoms with Crippen LogP contribution < -0.4 is 11.3 Å². The molecule has 0 bridgehead atoms. The molecule has 0 aliphatic carbocycles. The van der Waals surface area contributed by atoms with Gasteiger partial charge in [0, 0.05) is 12.1 Å². The third kappa shape index (κ3) is 3.08. The molecule has 1 unspecified atom stereocenters. The van der Waals surface area contributed by atoms with Gasteiger partial charge in [0.05, 0.1) is 22.4 Å². The summed E-state index contributed by atoms with van der Waals surface area (Å²) in [6.45, 7) is 7.48. The summed E-state index contributed by atoms with van der Waals surface area (Å²) >= 11 is 3.63. The molecule has 0 saturated heterocycles. The largest absolute Gasteiger partial charge is 0.302 e. The van der Waals surface area contributed by atoms with Gasteiger partial charge in [-0.15, -0.1) is 0 Å². The molecule has 0 fully saturated rings. The number of hydrogen-bond acceptors (Lipinski definition) is 4. The second kappa shape index (κ2) is 7.54. The maximum absolute atomic E-state index is 5.93. The van der Waals surface area contributed by atoms with Gasteiger partial charge in [-0.1, -0.05) is 20.8 Å². The average molecular weight is 346 g/mol. The molecule has 1 aromatic heterocycles. The molecule has 0 amide bonds. The Labute approximate surface area is 131 Å². The highest BCUT2D eigenvalue weighted by molar-refractivity contribution is 9.10. The molecule has 5 nitrogen and oxygen atoms in total. The van der Waals surface area contributed by atoms with E-state index in [0.29, 0.717) is 0 Å². The van der Waals surface area contributed by atoms with Crippen LogP contribution >= 0.6 is 15.9 Å². The summed E-state index contributed by atoms with van der Waals surface area (Å²) in [5, 5.41) is 4.47. The Balaban J connectivity index is 3.33. The van der Waals surface area contributed by atoms with Crippen LogP contribution in [0, 0.1) is 0 Å². The molecule has 0 spiro atoms. The number of aromatic nitrogens is 2. The third-order valence-electron chi connectivity index (χ3n) is 4.36. The van der Waals surface area contributed by atoms with E-state index < -0.39 is 0 Å². The van der Waals surface area contributed by atoms with Crippen molar-refractivity contribution < 1.29 is 0 Å². The summed E-state index contributed by atoms with van der Waals surface area (Å²) in [6.07, 6.45) is 4.93. The standard InChI is InChI=1S/C14H28BrN5/c1-6-9-20-12(11(15)10-17-20)13(18-16)14(7-2,8-3)19(4)5/h10,13,18H,6-9,16H2,1-5H3. The third-order valence-corrected chi connectivity index (χ3v) is 4.97. The Kier molecular flexibility index (Phi) is 6.64. The fourth-order valence-electron chi connectivity index (χ4n) is 3.09. The van der Waals surface area contributed by atoms with Crippen LogP contribution in [-0.2, 0) is 6.54 Å². The van der Waals surface area contributed by atoms with Crippen LogP contribution in [-0.4, -0.2) is 34.3 Å². The Bertz CT molecular complexity index is 412. The molecule has 1 aromatic rings. The minimum Gasteiger partial charge on any atom is -0.302 e. The fraction of sp³-hybridized carbons (Fsp3) is 0.786. The SMILES string of the molecule is CCCn1ncc(Br)c1C(NN)C(CC)(CC)N(C)C. The molecular weight excluding hydrogens is 318 g/mol. The van der Waals surface area contributed by atoms with Crippen molar-refractivity contribution in [1.29, 1.82) is 0 Å². The second-order valence-electron chi connectivity index (χ2n) is 5.41. The van der Waals surface area contributed by atoms with Crippen molar-refractivity contribution in [1.82, 2.24) is 20.1 Å². The van der Waals surface area contributed by atoms with Gasteiger partial charge >= 0.3 is 0 Å². The molecule has 0 saturated carbocycles. The van der Waals surface area contributed by atoms with E-state index in [2.05, 4.69) is 70.9 Å². The zero-order valence-corrected chi connectivity index (χ0v) is 14.9. The minimum atomic E-state index is -0.0389. The summed E-state index contributed by atoms with van der Waals surface area (Å²) in [4.78, 5) is 2.27. The van der Waals surface area contributed by atoms with Crippen LogP contribution in [0.2, 0.25) is 0 Å². The molecule has 1 rings (SSSR count). The second-order valence-corrected chi connectivity index (χ2v) is 6.26. The van der Waals surface area contributed by atoms with Gasteiger partial charge in [-0.3, -0.25) is 10.5 Å². The van der Waals surface area contributed by atoms with Gasteiger partial charge in [0.2, 0.25) is 0 Å². The molecule has 6 heteroatoms. The number of nitrogens with one attached hydrogen (secondary N) is 1. The fourth-order valence-corrected chi connectivity index (χ4v) is 3.61. The number of aryl methyl sites for hydroxylation is 1. The van der Waals surface area contributed by atoms with E-state index in [1.165, 1.54) is 0 Å². The first-order valence-electron chi connectivity index (χ1n) is 7.33. The van der Waals surface area contributed by atoms with Gasteiger partial charge in [0.1, 0.15) is 0 Å². The molecule has 0 aliphatic heterocycles. The van der Waals surface area contributed by atoms with Crippen LogP contribution in [0.15, 0.2) is 10.7 Å². The Morgan fingerprint density at radius 3 is 2.40 bits per heavy atom. The highest BCUT2D eigenvalue weighted by atomic mass is 79.9. The van der Waals surface area contributed by atoms with Crippen molar-refractivity contribution in [3.63, 3.8) is 0 Å². The van der Waals surface area contributed by atoms with Gasteiger partial charge in [0.15, 0.2) is 0 Å². The molecule has 0 radical (unpaired) electrons. The number of likely N-dealkylation sites (N-methyl/N-ethyl adjacent to an activating group) is 1. The number of nitrogens with two attached hydrogens (primary N) is 1. The van der Waals surface area contributed by atoms with Crippen LogP contribution in [0.1, 0.15) is 51.8 Å². The van der Waals surface area contributed by atoms with E-state index in [-0.39, 0.29) is 11.6 Å². The Morgan fingerprint density at radius 2 is 2.00 bits per heavy atom. The Morgan fingerprint density at radius 1 is 1.40 bits per heavy atom. The number of hydrogen-bond donors (Lipinski definition) is 2. The first-order chi connectivity index (χ1) is 9.48. The van der Waals surface area contributed by atoms with Crippen LogP contribution in [0.4, 0.5) is 0 Å². The monoisotopic (exact) mass is 345 g/mol. The van der Waals surface area contributed by atoms with Crippen molar-refractivity contribution in [2.24, 2.45) is 5.84 Å². The first-order valence-corrected chi connectivity index (χ1v) is 8.12. The lowest BCUT2D eigenvalue weighted by Gasteiger charge is -2.45. The average Bonchev–Trinajstić information content (AvgIpc) is 2.77. The lowest BCUT2D eigenvalue weighted by Crippen LogP contribution is -2.55. The number of hydrazine groups is 1. The number of halogens is 1. The highest BCUT2D eigenvalue weighted by Crippen LogP contribution is 2.38. The molecule has 116 valence electrons. The van der Waals surface area contributed by atoms with Crippen LogP contribution in [0.3, 0.4) is 0 Å². The summed E-state index contributed by atoms with van der Waals surface area (Å²) < 4.78 is 3.07. The van der Waals surface area contributed by atoms with Gasteiger partial charge < -0.3 is 4.90 Å². The van der Waals surface area contributed by atoms with Gasteiger partial charge in [-0.05, 0) is 49.3 Å². The van der Waals surface area contributed by atoms with E-state index in [1.54, 1.807) is 0 Å². The first kappa shape index (κ1) is 17.6. The van der Waals surface area contributed by atoms with E-state index in [9.17, 15) is 0 Å². The van der Waals surface area contributed by atoms with Crippen molar-refractivity contribution in [3.8, 4) is 0 Å². The van der Waals surface area contributed by atoms with E-state index >= 15 is 0 Å². The number of rotatable bonds is 8. The topological polar surface area (TPSA) is 59.1 Å². The smallest absolute Gasteiger partial charge is 0.0823 e. The normalized spacial score (nSPS) is 14.0. The molecule has 3 N–H and O–H groups in total. The summed E-state index contributed by atoms with van der Waals surface area (Å²) in [7, 11) is 4.23. The summed E-state index contributed by atoms with van der Waals surface area (Å²) in [6, 6.07) is 0.0240. The van der Waals surface area contributed by atoms with Crippen molar-refractivity contribution in [2.75, 3.05) is 14.1 Å². The summed E-state index contributed by atoms with van der Waals surface area (Å²) in [5.41, 5.74) is 4.13. The molecule has 1 atom stereocenters. The van der Waals surface area contributed by atoms with Gasteiger partial charge in [-0.2, -0.15) is 5.10 Å². The molecule has 0 aromatic carbocycles. The predicted molar refractivity (Wildman–Crippen MR) is 87.3 cm³/mol. The minimum absolute atomic E-state index is 0.0240. The van der Waals surface area contributed by atoms with Crippen molar-refractivity contribution in [3.05, 3.63) is 16.4 Å². The number of nitrogens with zero attached hydrogens (tertiary/aromatic N) is 3. The van der Waals surface area contributed by atoms with Gasteiger partial charge in [-0.25, -0.2) is 5.43 Å². The van der Waals surface area contributed by atoms with Crippen LogP contribution in [0.5, 0.6) is 0 Å². The quantitative estimate of drug-likeness (QED) is 0.561. The van der Waals surface area contributed by atoms with E-state index in [1.807, 2.05) is 6.20 Å². The van der Waals surface area contributed by atoms with Crippen molar-refractivity contribution in [2.45, 2.75) is 58.2 Å². The predicted octanol–water partition coefficient (Wildman–Crippen LogP) is 2.68.